The summed E-state index contributed by atoms with van der Waals surface area (Å²) in [6.07, 6.45) is 0. The molecule has 142 valence electrons. The van der Waals surface area contributed by atoms with Gasteiger partial charge in [0.2, 0.25) is 5.91 Å². The molecule has 1 aliphatic rings. The van der Waals surface area contributed by atoms with Gasteiger partial charge >= 0.3 is 6.03 Å². The van der Waals surface area contributed by atoms with E-state index in [1.165, 1.54) is 0 Å². The van der Waals surface area contributed by atoms with E-state index < -0.39 is 0 Å². The molecule has 6 nitrogen and oxygen atoms in total. The molecule has 27 heavy (non-hydrogen) atoms. The van der Waals surface area contributed by atoms with E-state index in [0.29, 0.717) is 23.7 Å². The van der Waals surface area contributed by atoms with E-state index in [-0.39, 0.29) is 17.3 Å². The van der Waals surface area contributed by atoms with Crippen molar-refractivity contribution < 1.29 is 14.3 Å². The second kappa shape index (κ2) is 8.35. The first-order valence-corrected chi connectivity index (χ1v) is 9.81. The lowest BCUT2D eigenvalue weighted by Gasteiger charge is -2.26. The van der Waals surface area contributed by atoms with Crippen LogP contribution < -0.4 is 20.3 Å². The van der Waals surface area contributed by atoms with Crippen molar-refractivity contribution in [2.75, 3.05) is 29.6 Å². The van der Waals surface area contributed by atoms with E-state index in [0.717, 1.165) is 16.8 Å². The molecule has 3 rings (SSSR count). The summed E-state index contributed by atoms with van der Waals surface area (Å²) in [6.45, 7) is 4.41. The van der Waals surface area contributed by atoms with Gasteiger partial charge in [-0.05, 0) is 49.2 Å². The van der Waals surface area contributed by atoms with Gasteiger partial charge in [0, 0.05) is 12.2 Å². The maximum atomic E-state index is 12.7. The van der Waals surface area contributed by atoms with Crippen LogP contribution in [0, 0.1) is 6.92 Å². The Morgan fingerprint density at radius 2 is 2.11 bits per heavy atom. The van der Waals surface area contributed by atoms with Gasteiger partial charge in [0.1, 0.15) is 11.1 Å². The summed E-state index contributed by atoms with van der Waals surface area (Å²) in [5, 5.41) is 5.35. The third-order valence-corrected chi connectivity index (χ3v) is 5.44. The van der Waals surface area contributed by atoms with Crippen molar-refractivity contribution >= 4 is 35.1 Å². The zero-order valence-corrected chi connectivity index (χ0v) is 16.4. The molecule has 0 spiro atoms. The van der Waals surface area contributed by atoms with E-state index in [1.807, 2.05) is 56.3 Å². The van der Waals surface area contributed by atoms with Crippen molar-refractivity contribution in [1.29, 1.82) is 0 Å². The van der Waals surface area contributed by atoms with Gasteiger partial charge in [-0.1, -0.05) is 18.2 Å². The van der Waals surface area contributed by atoms with Gasteiger partial charge < -0.3 is 15.4 Å². The molecule has 1 aliphatic heterocycles. The number of hydrogen-bond acceptors (Lipinski definition) is 4. The predicted octanol–water partition coefficient (Wildman–Crippen LogP) is 3.92. The Bertz CT molecular complexity index is 856. The number of aryl methyl sites for hydroxylation is 1. The topological polar surface area (TPSA) is 70.7 Å². The molecule has 1 saturated heterocycles. The number of rotatable bonds is 5. The van der Waals surface area contributed by atoms with Crippen molar-refractivity contribution in [2.24, 2.45) is 0 Å². The molecule has 2 aromatic rings. The summed E-state index contributed by atoms with van der Waals surface area (Å²) in [7, 11) is 1.60. The Balaban J connectivity index is 1.93. The van der Waals surface area contributed by atoms with Gasteiger partial charge in [-0.15, -0.1) is 11.8 Å². The number of benzene rings is 2. The maximum Gasteiger partial charge on any atom is 0.319 e. The highest BCUT2D eigenvalue weighted by Crippen LogP contribution is 2.45. The van der Waals surface area contributed by atoms with Crippen molar-refractivity contribution in [3.05, 3.63) is 53.6 Å². The first kappa shape index (κ1) is 19.1. The number of carbonyl (C=O) groups is 2. The number of urea groups is 1. The zero-order valence-electron chi connectivity index (χ0n) is 15.6. The Morgan fingerprint density at radius 3 is 2.85 bits per heavy atom. The van der Waals surface area contributed by atoms with Crippen LogP contribution in [0.1, 0.15) is 23.4 Å². The number of carbonyl (C=O) groups excluding carboxylic acids is 2. The van der Waals surface area contributed by atoms with E-state index in [9.17, 15) is 9.59 Å². The van der Waals surface area contributed by atoms with Crippen LogP contribution in [0.25, 0.3) is 0 Å². The Kier molecular flexibility index (Phi) is 5.91. The molecular weight excluding hydrogens is 362 g/mol. The van der Waals surface area contributed by atoms with Crippen LogP contribution in [0.3, 0.4) is 0 Å². The molecule has 1 heterocycles. The summed E-state index contributed by atoms with van der Waals surface area (Å²) in [5.74, 6) is 1.10. The lowest BCUT2D eigenvalue weighted by atomic mass is 10.1. The predicted molar refractivity (Wildman–Crippen MR) is 110 cm³/mol. The zero-order chi connectivity index (χ0) is 19.4. The first-order chi connectivity index (χ1) is 13.0. The van der Waals surface area contributed by atoms with Crippen molar-refractivity contribution in [3.63, 3.8) is 0 Å². The molecular formula is C20H23N3O3S. The third kappa shape index (κ3) is 4.19. The van der Waals surface area contributed by atoms with Crippen molar-refractivity contribution in [1.82, 2.24) is 5.32 Å². The summed E-state index contributed by atoms with van der Waals surface area (Å²) in [4.78, 5) is 26.2. The molecule has 0 aromatic heterocycles. The highest BCUT2D eigenvalue weighted by molar-refractivity contribution is 8.00. The Labute approximate surface area is 163 Å². The number of thioether (sulfide) groups is 1. The van der Waals surface area contributed by atoms with Crippen LogP contribution >= 0.6 is 11.8 Å². The largest absolute Gasteiger partial charge is 0.495 e. The monoisotopic (exact) mass is 385 g/mol. The standard InChI is InChI=1S/C20H23N3O3S/c1-4-21-20(25)22-15-7-5-6-14(11-15)19-23(18(24)12-27-19)16-10-13(2)8-9-17(16)26-3/h5-11,19H,4,12H2,1-3H3,(H2,21,22,25)/t19-/m1/s1. The van der Waals surface area contributed by atoms with Crippen LogP contribution in [0.2, 0.25) is 0 Å². The SMILES string of the molecule is CCNC(=O)Nc1cccc([C@H]2SCC(=O)N2c2cc(C)ccc2OC)c1. The minimum Gasteiger partial charge on any atom is -0.495 e. The van der Waals surface area contributed by atoms with Crippen LogP contribution in [0.15, 0.2) is 42.5 Å². The molecule has 2 aromatic carbocycles. The fourth-order valence-electron chi connectivity index (χ4n) is 3.03. The summed E-state index contributed by atoms with van der Waals surface area (Å²) < 4.78 is 5.48. The molecule has 3 amide bonds. The van der Waals surface area contributed by atoms with Crippen LogP contribution in [0.4, 0.5) is 16.2 Å². The molecule has 0 unspecified atom stereocenters. The average Bonchev–Trinajstić information content (AvgIpc) is 3.03. The Morgan fingerprint density at radius 1 is 1.30 bits per heavy atom. The van der Waals surface area contributed by atoms with Gasteiger partial charge in [-0.25, -0.2) is 4.79 Å². The fourth-order valence-corrected chi connectivity index (χ4v) is 4.18. The van der Waals surface area contributed by atoms with Gasteiger partial charge in [-0.3, -0.25) is 9.69 Å². The average molecular weight is 385 g/mol. The quantitative estimate of drug-likeness (QED) is 0.818. The van der Waals surface area contributed by atoms with Gasteiger partial charge in [0.15, 0.2) is 0 Å². The number of nitrogens with zero attached hydrogens (tertiary/aromatic N) is 1. The van der Waals surface area contributed by atoms with Gasteiger partial charge in [0.25, 0.3) is 0 Å². The minimum atomic E-state index is -0.248. The van der Waals surface area contributed by atoms with E-state index in [1.54, 1.807) is 23.8 Å². The van der Waals surface area contributed by atoms with Crippen LogP contribution in [0.5, 0.6) is 5.75 Å². The molecule has 0 aliphatic carbocycles. The summed E-state index contributed by atoms with van der Waals surface area (Å²) in [5.41, 5.74) is 3.46. The molecule has 7 heteroatoms. The molecule has 0 radical (unpaired) electrons. The summed E-state index contributed by atoms with van der Waals surface area (Å²) in [6, 6.07) is 13.1. The van der Waals surface area contributed by atoms with Crippen LogP contribution in [-0.4, -0.2) is 31.3 Å². The third-order valence-electron chi connectivity index (χ3n) is 4.23. The Hall–Kier alpha value is -2.67. The number of amides is 3. The molecule has 1 fully saturated rings. The maximum absolute atomic E-state index is 12.7. The summed E-state index contributed by atoms with van der Waals surface area (Å²) >= 11 is 1.56. The number of methoxy groups -OCH3 is 1. The normalized spacial score (nSPS) is 16.3. The molecule has 1 atom stereocenters. The van der Waals surface area contributed by atoms with E-state index in [4.69, 9.17) is 4.74 Å². The smallest absolute Gasteiger partial charge is 0.319 e. The van der Waals surface area contributed by atoms with Crippen molar-refractivity contribution in [3.8, 4) is 5.75 Å². The minimum absolute atomic E-state index is 0.0380. The number of ether oxygens (including phenoxy) is 1. The van der Waals surface area contributed by atoms with Gasteiger partial charge in [-0.2, -0.15) is 0 Å². The lowest BCUT2D eigenvalue weighted by Crippen LogP contribution is -2.29. The van der Waals surface area contributed by atoms with Crippen molar-refractivity contribution in [2.45, 2.75) is 19.2 Å². The lowest BCUT2D eigenvalue weighted by molar-refractivity contribution is -0.115. The second-order valence-corrected chi connectivity index (χ2v) is 7.28. The number of anilines is 2. The van der Waals surface area contributed by atoms with Crippen LogP contribution in [-0.2, 0) is 4.79 Å². The molecule has 2 N–H and O–H groups in total. The van der Waals surface area contributed by atoms with Gasteiger partial charge in [0.05, 0.1) is 18.6 Å². The molecule has 0 bridgehead atoms. The van der Waals surface area contributed by atoms with E-state index in [2.05, 4.69) is 10.6 Å². The highest BCUT2D eigenvalue weighted by Gasteiger charge is 2.35. The number of hydrogen-bond donors (Lipinski definition) is 2. The molecule has 0 saturated carbocycles. The van der Waals surface area contributed by atoms with E-state index >= 15 is 0 Å². The first-order valence-electron chi connectivity index (χ1n) is 8.76. The fraction of sp³-hybridized carbons (Fsp3) is 0.300. The highest BCUT2D eigenvalue weighted by atomic mass is 32.2. The second-order valence-electron chi connectivity index (χ2n) is 6.21. The number of nitrogens with one attached hydrogen (secondary N) is 2.